The van der Waals surface area contributed by atoms with Crippen LogP contribution in [-0.4, -0.2) is 0 Å². The first-order valence-electron chi connectivity index (χ1n) is 10.4. The zero-order chi connectivity index (χ0) is 17.2. The van der Waals surface area contributed by atoms with Crippen molar-refractivity contribution in [1.29, 1.82) is 0 Å². The molecule has 0 spiro atoms. The van der Waals surface area contributed by atoms with Gasteiger partial charge in [0.1, 0.15) is 0 Å². The van der Waals surface area contributed by atoms with Crippen LogP contribution in [0.4, 0.5) is 0 Å². The maximum absolute atomic E-state index is 3.80. The summed E-state index contributed by atoms with van der Waals surface area (Å²) in [6.07, 6.45) is 25.0. The normalized spacial score (nSPS) is 11.3. The Labute approximate surface area is 147 Å². The minimum atomic E-state index is 0.861. The van der Waals surface area contributed by atoms with Crippen molar-refractivity contribution in [3.05, 3.63) is 25.3 Å². The minimum absolute atomic E-state index is 0.861. The van der Waals surface area contributed by atoms with Crippen LogP contribution >= 0.6 is 0 Å². The van der Waals surface area contributed by atoms with Gasteiger partial charge in [-0.15, -0.1) is 13.2 Å². The van der Waals surface area contributed by atoms with Gasteiger partial charge in [0.2, 0.25) is 0 Å². The number of hydrogen-bond acceptors (Lipinski definition) is 0. The molecule has 0 N–H and O–H groups in total. The van der Waals surface area contributed by atoms with Gasteiger partial charge in [0.05, 0.1) is 0 Å². The zero-order valence-electron chi connectivity index (χ0n) is 16.3. The Morgan fingerprint density at radius 1 is 0.609 bits per heavy atom. The Morgan fingerprint density at radius 2 is 1.00 bits per heavy atom. The molecule has 0 aromatic heterocycles. The summed E-state index contributed by atoms with van der Waals surface area (Å²) in [6.45, 7) is 12.4. The van der Waals surface area contributed by atoms with E-state index in [4.69, 9.17) is 0 Å². The lowest BCUT2D eigenvalue weighted by Crippen LogP contribution is -2.05. The van der Waals surface area contributed by atoms with Crippen LogP contribution < -0.4 is 0 Å². The van der Waals surface area contributed by atoms with E-state index in [1.54, 1.807) is 0 Å². The lowest BCUT2D eigenvalue weighted by molar-refractivity contribution is 0.339. The number of allylic oxidation sites excluding steroid dienone is 2. The van der Waals surface area contributed by atoms with Crippen molar-refractivity contribution in [1.82, 2.24) is 0 Å². The van der Waals surface area contributed by atoms with Crippen LogP contribution in [0.25, 0.3) is 0 Å². The fourth-order valence-electron chi connectivity index (χ4n) is 3.55. The van der Waals surface area contributed by atoms with E-state index < -0.39 is 0 Å². The molecule has 136 valence electrons. The SMILES string of the molecule is C=CCCCCCCCC(CCCCCCCC=C)CC(C)C. The molecule has 0 aliphatic rings. The Morgan fingerprint density at radius 3 is 1.39 bits per heavy atom. The number of hydrogen-bond donors (Lipinski definition) is 0. The van der Waals surface area contributed by atoms with Crippen molar-refractivity contribution in [2.24, 2.45) is 11.8 Å². The number of rotatable bonds is 18. The molecule has 0 saturated heterocycles. The van der Waals surface area contributed by atoms with Crippen LogP contribution in [0.5, 0.6) is 0 Å². The van der Waals surface area contributed by atoms with Crippen LogP contribution in [0.15, 0.2) is 25.3 Å². The van der Waals surface area contributed by atoms with Gasteiger partial charge in [-0.1, -0.05) is 90.2 Å². The summed E-state index contributed by atoms with van der Waals surface area (Å²) < 4.78 is 0. The second-order valence-electron chi connectivity index (χ2n) is 7.76. The zero-order valence-corrected chi connectivity index (χ0v) is 16.3. The molecule has 0 rings (SSSR count). The highest BCUT2D eigenvalue weighted by Gasteiger charge is 2.10. The van der Waals surface area contributed by atoms with E-state index in [9.17, 15) is 0 Å². The Bertz CT molecular complexity index is 229. The quantitative estimate of drug-likeness (QED) is 0.175. The maximum Gasteiger partial charge on any atom is -0.0353 e. The molecule has 23 heavy (non-hydrogen) atoms. The molecule has 0 fully saturated rings. The van der Waals surface area contributed by atoms with Gasteiger partial charge in [-0.3, -0.25) is 0 Å². The molecule has 0 heterocycles. The standard InChI is InChI=1S/C23H44/c1-5-7-9-11-13-15-17-19-23(21-22(3)4)20-18-16-14-12-10-8-6-2/h5-6,22-23H,1-2,7-21H2,3-4H3. The molecule has 0 atom stereocenters. The second kappa shape index (κ2) is 17.8. The van der Waals surface area contributed by atoms with Gasteiger partial charge < -0.3 is 0 Å². The fraction of sp³-hybridized carbons (Fsp3) is 0.826. The average molecular weight is 321 g/mol. The molecule has 0 aliphatic carbocycles. The van der Waals surface area contributed by atoms with Crippen molar-refractivity contribution in [3.63, 3.8) is 0 Å². The van der Waals surface area contributed by atoms with Gasteiger partial charge in [0.15, 0.2) is 0 Å². The smallest absolute Gasteiger partial charge is 0.0353 e. The van der Waals surface area contributed by atoms with Crippen LogP contribution in [0.2, 0.25) is 0 Å². The van der Waals surface area contributed by atoms with Crippen molar-refractivity contribution in [3.8, 4) is 0 Å². The summed E-state index contributed by atoms with van der Waals surface area (Å²) in [5.41, 5.74) is 0. The summed E-state index contributed by atoms with van der Waals surface area (Å²) in [4.78, 5) is 0. The average Bonchev–Trinajstić information content (AvgIpc) is 2.52. The monoisotopic (exact) mass is 320 g/mol. The highest BCUT2D eigenvalue weighted by molar-refractivity contribution is 4.67. The van der Waals surface area contributed by atoms with Crippen molar-refractivity contribution in [2.75, 3.05) is 0 Å². The van der Waals surface area contributed by atoms with Crippen LogP contribution in [0, 0.1) is 11.8 Å². The summed E-state index contributed by atoms with van der Waals surface area (Å²) in [6, 6.07) is 0. The van der Waals surface area contributed by atoms with Crippen LogP contribution in [-0.2, 0) is 0 Å². The third-order valence-electron chi connectivity index (χ3n) is 4.85. The predicted octanol–water partition coefficient (Wildman–Crippen LogP) is 8.48. The van der Waals surface area contributed by atoms with E-state index in [1.165, 1.54) is 96.3 Å². The number of unbranched alkanes of at least 4 members (excludes halogenated alkanes) is 10. The van der Waals surface area contributed by atoms with Gasteiger partial charge in [-0.2, -0.15) is 0 Å². The summed E-state index contributed by atoms with van der Waals surface area (Å²) in [5, 5.41) is 0. The molecule has 0 radical (unpaired) electrons. The Hall–Kier alpha value is -0.520. The predicted molar refractivity (Wildman–Crippen MR) is 108 cm³/mol. The van der Waals surface area contributed by atoms with Crippen molar-refractivity contribution in [2.45, 2.75) is 110 Å². The molecular formula is C23H44. The molecule has 0 amide bonds. The molecule has 0 unspecified atom stereocenters. The van der Waals surface area contributed by atoms with Gasteiger partial charge in [-0.25, -0.2) is 0 Å². The van der Waals surface area contributed by atoms with E-state index in [0.717, 1.165) is 11.8 Å². The first-order valence-corrected chi connectivity index (χ1v) is 10.4. The molecule has 0 heteroatoms. The lowest BCUT2D eigenvalue weighted by atomic mass is 9.87. The summed E-state index contributed by atoms with van der Waals surface area (Å²) >= 11 is 0. The van der Waals surface area contributed by atoms with E-state index >= 15 is 0 Å². The molecule has 0 nitrogen and oxygen atoms in total. The highest BCUT2D eigenvalue weighted by atomic mass is 14.2. The molecule has 0 aliphatic heterocycles. The van der Waals surface area contributed by atoms with Gasteiger partial charge in [-0.05, 0) is 43.9 Å². The van der Waals surface area contributed by atoms with Crippen molar-refractivity contribution >= 4 is 0 Å². The minimum Gasteiger partial charge on any atom is -0.103 e. The molecule has 0 saturated carbocycles. The van der Waals surface area contributed by atoms with E-state index in [1.807, 2.05) is 0 Å². The maximum atomic E-state index is 3.80. The molecular weight excluding hydrogens is 276 g/mol. The first kappa shape index (κ1) is 22.5. The van der Waals surface area contributed by atoms with E-state index in [-0.39, 0.29) is 0 Å². The van der Waals surface area contributed by atoms with Crippen LogP contribution in [0.1, 0.15) is 110 Å². The van der Waals surface area contributed by atoms with Gasteiger partial charge in [0, 0.05) is 0 Å². The topological polar surface area (TPSA) is 0 Å². The Balaban J connectivity index is 3.63. The molecule has 0 aromatic rings. The molecule has 0 aromatic carbocycles. The fourth-order valence-corrected chi connectivity index (χ4v) is 3.55. The third kappa shape index (κ3) is 17.7. The van der Waals surface area contributed by atoms with E-state index in [0.29, 0.717) is 0 Å². The van der Waals surface area contributed by atoms with E-state index in [2.05, 4.69) is 39.2 Å². The second-order valence-corrected chi connectivity index (χ2v) is 7.76. The third-order valence-corrected chi connectivity index (χ3v) is 4.85. The largest absolute Gasteiger partial charge is 0.103 e. The molecule has 0 bridgehead atoms. The van der Waals surface area contributed by atoms with Gasteiger partial charge >= 0.3 is 0 Å². The first-order chi connectivity index (χ1) is 11.2. The van der Waals surface area contributed by atoms with Crippen molar-refractivity contribution < 1.29 is 0 Å². The summed E-state index contributed by atoms with van der Waals surface area (Å²) in [5.74, 6) is 1.84. The van der Waals surface area contributed by atoms with Gasteiger partial charge in [0.25, 0.3) is 0 Å². The highest BCUT2D eigenvalue weighted by Crippen LogP contribution is 2.25. The Kier molecular flexibility index (Phi) is 17.4. The lowest BCUT2D eigenvalue weighted by Gasteiger charge is -2.19. The van der Waals surface area contributed by atoms with Crippen LogP contribution in [0.3, 0.4) is 0 Å². The summed E-state index contributed by atoms with van der Waals surface area (Å²) in [7, 11) is 0.